The van der Waals surface area contributed by atoms with E-state index in [2.05, 4.69) is 27.4 Å². The van der Waals surface area contributed by atoms with Gasteiger partial charge >= 0.3 is 0 Å². The van der Waals surface area contributed by atoms with E-state index in [1.807, 2.05) is 12.1 Å². The van der Waals surface area contributed by atoms with Crippen LogP contribution in [-0.4, -0.2) is 42.0 Å². The van der Waals surface area contributed by atoms with Gasteiger partial charge in [0.25, 0.3) is 5.91 Å². The van der Waals surface area contributed by atoms with Gasteiger partial charge in [0.15, 0.2) is 5.69 Å². The normalized spacial score (nSPS) is 18.3. The Bertz CT molecular complexity index is 1080. The fourth-order valence-corrected chi connectivity index (χ4v) is 4.03. The van der Waals surface area contributed by atoms with Gasteiger partial charge in [0, 0.05) is 25.3 Å². The fraction of sp³-hybridized carbons (Fsp3) is 0.333. The molecule has 1 N–H and O–H groups in total. The molecule has 0 bridgehead atoms. The molecule has 0 spiro atoms. The predicted molar refractivity (Wildman–Crippen MR) is 117 cm³/mol. The summed E-state index contributed by atoms with van der Waals surface area (Å²) in [6, 6.07) is 16.3. The summed E-state index contributed by atoms with van der Waals surface area (Å²) in [6.07, 6.45) is -0.219. The number of nitrogens with one attached hydrogen (secondary N) is 1. The van der Waals surface area contributed by atoms with E-state index >= 15 is 0 Å². The minimum Gasteiger partial charge on any atom is -0.378 e. The number of halogens is 1. The first-order chi connectivity index (χ1) is 15.7. The maximum Gasteiger partial charge on any atom is 0.272 e. The van der Waals surface area contributed by atoms with Gasteiger partial charge in [-0.15, -0.1) is 0 Å². The molecular weight excluding hydrogens is 411 g/mol. The van der Waals surface area contributed by atoms with Crippen LogP contribution in [0, 0.1) is 5.82 Å². The molecule has 0 saturated carbocycles. The highest BCUT2D eigenvalue weighted by Gasteiger charge is 2.24. The van der Waals surface area contributed by atoms with Gasteiger partial charge in [-0.3, -0.25) is 9.48 Å². The van der Waals surface area contributed by atoms with Crippen molar-refractivity contribution in [1.29, 1.82) is 0 Å². The van der Waals surface area contributed by atoms with E-state index in [-0.39, 0.29) is 17.8 Å². The zero-order valence-electron chi connectivity index (χ0n) is 17.7. The highest BCUT2D eigenvalue weighted by atomic mass is 19.1. The number of rotatable bonds is 5. The Morgan fingerprint density at radius 1 is 1.09 bits per heavy atom. The third kappa shape index (κ3) is 4.51. The van der Waals surface area contributed by atoms with E-state index in [9.17, 15) is 9.18 Å². The molecule has 8 heteroatoms. The monoisotopic (exact) mass is 436 g/mol. The number of morpholine rings is 1. The van der Waals surface area contributed by atoms with Crippen LogP contribution >= 0.6 is 0 Å². The Kier molecular flexibility index (Phi) is 5.87. The van der Waals surface area contributed by atoms with E-state index in [0.29, 0.717) is 25.4 Å². The second kappa shape index (κ2) is 9.10. The molecule has 1 fully saturated rings. The van der Waals surface area contributed by atoms with Gasteiger partial charge in [-0.2, -0.15) is 5.10 Å². The summed E-state index contributed by atoms with van der Waals surface area (Å²) < 4.78 is 26.3. The molecule has 1 amide bonds. The Balaban J connectivity index is 1.18. The van der Waals surface area contributed by atoms with E-state index in [1.54, 1.807) is 22.9 Å². The van der Waals surface area contributed by atoms with Gasteiger partial charge in [-0.25, -0.2) is 4.39 Å². The minimum absolute atomic E-state index is 0.219. The molecule has 1 aromatic heterocycles. The quantitative estimate of drug-likeness (QED) is 0.666. The van der Waals surface area contributed by atoms with Crippen LogP contribution in [0.3, 0.4) is 0 Å². The fourth-order valence-electron chi connectivity index (χ4n) is 4.03. The summed E-state index contributed by atoms with van der Waals surface area (Å²) >= 11 is 0. The summed E-state index contributed by atoms with van der Waals surface area (Å²) in [5.41, 5.74) is 4.30. The lowest BCUT2D eigenvalue weighted by Crippen LogP contribution is -2.36. The number of fused-ring (bicyclic) bond motifs is 1. The number of anilines is 1. The third-order valence-electron chi connectivity index (χ3n) is 5.87. The minimum atomic E-state index is -0.279. The Labute approximate surface area is 185 Å². The first kappa shape index (κ1) is 20.7. The molecule has 2 aliphatic heterocycles. The number of carbonyl (C=O) groups is 1. The lowest BCUT2D eigenvalue weighted by molar-refractivity contribution is -0.00123. The van der Waals surface area contributed by atoms with Crippen LogP contribution in [0.5, 0.6) is 0 Å². The molecule has 3 aromatic rings. The first-order valence-corrected chi connectivity index (χ1v) is 10.8. The molecule has 3 heterocycles. The van der Waals surface area contributed by atoms with Crippen molar-refractivity contribution in [2.45, 2.75) is 25.8 Å². The number of hydrogen-bond acceptors (Lipinski definition) is 5. The maximum atomic E-state index is 13.2. The Morgan fingerprint density at radius 2 is 1.84 bits per heavy atom. The van der Waals surface area contributed by atoms with Crippen molar-refractivity contribution < 1.29 is 18.7 Å². The molecule has 2 aromatic carbocycles. The lowest BCUT2D eigenvalue weighted by atomic mass is 10.1. The molecule has 7 nitrogen and oxygen atoms in total. The number of amides is 1. The van der Waals surface area contributed by atoms with Crippen LogP contribution in [-0.2, 0) is 29.2 Å². The smallest absolute Gasteiger partial charge is 0.272 e. The van der Waals surface area contributed by atoms with Crippen molar-refractivity contribution in [2.24, 2.45) is 0 Å². The van der Waals surface area contributed by atoms with Crippen LogP contribution < -0.4 is 10.2 Å². The van der Waals surface area contributed by atoms with Gasteiger partial charge in [0.05, 0.1) is 32.1 Å². The topological polar surface area (TPSA) is 68.6 Å². The Morgan fingerprint density at radius 3 is 2.59 bits per heavy atom. The second-order valence-electron chi connectivity index (χ2n) is 8.00. The van der Waals surface area contributed by atoms with Crippen molar-refractivity contribution in [2.75, 3.05) is 31.2 Å². The number of carbonyl (C=O) groups excluding carboxylic acids is 1. The van der Waals surface area contributed by atoms with Crippen molar-refractivity contribution in [3.05, 3.63) is 82.9 Å². The zero-order chi connectivity index (χ0) is 21.9. The maximum absolute atomic E-state index is 13.2. The molecule has 166 valence electrons. The van der Waals surface area contributed by atoms with Crippen LogP contribution in [0.4, 0.5) is 10.1 Å². The molecular formula is C24H25FN4O3. The third-order valence-corrected chi connectivity index (χ3v) is 5.87. The lowest BCUT2D eigenvalue weighted by Gasteiger charge is -2.28. The van der Waals surface area contributed by atoms with Gasteiger partial charge in [0.1, 0.15) is 11.9 Å². The highest BCUT2D eigenvalue weighted by molar-refractivity contribution is 5.92. The molecule has 0 unspecified atom stereocenters. The van der Waals surface area contributed by atoms with Gasteiger partial charge in [0.2, 0.25) is 0 Å². The summed E-state index contributed by atoms with van der Waals surface area (Å²) in [5, 5.41) is 7.41. The summed E-state index contributed by atoms with van der Waals surface area (Å²) in [4.78, 5) is 14.9. The SMILES string of the molecule is O=C(NCc1ccc(N2CCOCC2)cc1)c1cc2n(n1)C[C@H](c1ccc(F)cc1)OC2. The van der Waals surface area contributed by atoms with E-state index in [0.717, 1.165) is 43.1 Å². The summed E-state index contributed by atoms with van der Waals surface area (Å²) in [5.74, 6) is -0.499. The van der Waals surface area contributed by atoms with Crippen molar-refractivity contribution in [3.63, 3.8) is 0 Å². The number of ether oxygens (including phenoxy) is 2. The van der Waals surface area contributed by atoms with E-state index < -0.39 is 0 Å². The van der Waals surface area contributed by atoms with Gasteiger partial charge in [-0.1, -0.05) is 24.3 Å². The Hall–Kier alpha value is -3.23. The van der Waals surface area contributed by atoms with Crippen LogP contribution in [0.15, 0.2) is 54.6 Å². The first-order valence-electron chi connectivity index (χ1n) is 10.8. The van der Waals surface area contributed by atoms with Gasteiger partial charge in [-0.05, 0) is 41.5 Å². The van der Waals surface area contributed by atoms with Crippen molar-refractivity contribution >= 4 is 11.6 Å². The van der Waals surface area contributed by atoms with E-state index in [4.69, 9.17) is 9.47 Å². The number of nitrogens with zero attached hydrogens (tertiary/aromatic N) is 3. The molecule has 0 aliphatic carbocycles. The molecule has 5 rings (SSSR count). The number of hydrogen-bond donors (Lipinski definition) is 1. The zero-order valence-corrected chi connectivity index (χ0v) is 17.7. The number of benzene rings is 2. The highest BCUT2D eigenvalue weighted by Crippen LogP contribution is 2.26. The second-order valence-corrected chi connectivity index (χ2v) is 8.00. The number of aromatic nitrogens is 2. The molecule has 1 atom stereocenters. The van der Waals surface area contributed by atoms with E-state index in [1.165, 1.54) is 17.8 Å². The van der Waals surface area contributed by atoms with Crippen LogP contribution in [0.2, 0.25) is 0 Å². The molecule has 2 aliphatic rings. The summed E-state index contributed by atoms with van der Waals surface area (Å²) in [6.45, 7) is 4.56. The van der Waals surface area contributed by atoms with Crippen molar-refractivity contribution in [3.8, 4) is 0 Å². The van der Waals surface area contributed by atoms with Crippen LogP contribution in [0.25, 0.3) is 0 Å². The predicted octanol–water partition coefficient (Wildman–Crippen LogP) is 3.06. The largest absolute Gasteiger partial charge is 0.378 e. The average molecular weight is 436 g/mol. The molecule has 0 radical (unpaired) electrons. The summed E-state index contributed by atoms with van der Waals surface area (Å²) in [7, 11) is 0. The average Bonchev–Trinajstić information content (AvgIpc) is 3.27. The molecule has 32 heavy (non-hydrogen) atoms. The molecule has 1 saturated heterocycles. The standard InChI is InChI=1S/C24H25FN4O3/c25-19-5-3-18(4-6-19)23-15-29-21(16-32-23)13-22(27-29)24(30)26-14-17-1-7-20(8-2-17)28-9-11-31-12-10-28/h1-8,13,23H,9-12,14-16H2,(H,26,30)/t23-/m1/s1. The van der Waals surface area contributed by atoms with Crippen molar-refractivity contribution in [1.82, 2.24) is 15.1 Å². The van der Waals surface area contributed by atoms with Crippen LogP contribution in [0.1, 0.15) is 33.4 Å². The van der Waals surface area contributed by atoms with Gasteiger partial charge < -0.3 is 19.7 Å².